The summed E-state index contributed by atoms with van der Waals surface area (Å²) in [6.07, 6.45) is 0.569. The molecule has 1 unspecified atom stereocenters. The minimum atomic E-state index is -0.316. The second-order valence-corrected chi connectivity index (χ2v) is 7.85. The fraction of sp³-hybridized carbons (Fsp3) is 0.222. The number of carbonyl (C=O) groups excluding carboxylic acids is 2. The number of amides is 1. The Hall–Kier alpha value is -4.13. The van der Waals surface area contributed by atoms with Crippen molar-refractivity contribution in [3.05, 3.63) is 89.5 Å². The Kier molecular flexibility index (Phi) is 6.92. The lowest BCUT2D eigenvalue weighted by Crippen LogP contribution is -2.31. The largest absolute Gasteiger partial charge is 0.497 e. The SMILES string of the molecule is COc1ccc(C2CC(c3ccccc3)=NN2C(=O)COc2cc(OC)ccc2C(C)=O)cc1. The van der Waals surface area contributed by atoms with Gasteiger partial charge in [-0.05, 0) is 42.3 Å². The highest BCUT2D eigenvalue weighted by atomic mass is 16.5. The highest BCUT2D eigenvalue weighted by Gasteiger charge is 2.33. The third-order valence-electron chi connectivity index (χ3n) is 5.69. The van der Waals surface area contributed by atoms with Crippen molar-refractivity contribution in [3.63, 3.8) is 0 Å². The Morgan fingerprint density at radius 1 is 0.941 bits per heavy atom. The van der Waals surface area contributed by atoms with Crippen LogP contribution in [0, 0.1) is 0 Å². The molecule has 1 aliphatic rings. The summed E-state index contributed by atoms with van der Waals surface area (Å²) in [6.45, 7) is 1.18. The molecule has 4 rings (SSSR count). The molecule has 0 N–H and O–H groups in total. The van der Waals surface area contributed by atoms with Crippen molar-refractivity contribution in [1.29, 1.82) is 0 Å². The normalized spacial score (nSPS) is 15.0. The maximum Gasteiger partial charge on any atom is 0.281 e. The van der Waals surface area contributed by atoms with Gasteiger partial charge in [-0.15, -0.1) is 0 Å². The van der Waals surface area contributed by atoms with Gasteiger partial charge in [-0.2, -0.15) is 5.10 Å². The maximum absolute atomic E-state index is 13.3. The summed E-state index contributed by atoms with van der Waals surface area (Å²) in [5.74, 6) is 1.10. The van der Waals surface area contributed by atoms with Crippen LogP contribution in [0.3, 0.4) is 0 Å². The molecule has 0 radical (unpaired) electrons. The van der Waals surface area contributed by atoms with Crippen molar-refractivity contribution in [1.82, 2.24) is 5.01 Å². The number of methoxy groups -OCH3 is 2. The first-order chi connectivity index (χ1) is 16.5. The molecule has 0 fully saturated rings. The van der Waals surface area contributed by atoms with E-state index in [1.807, 2.05) is 54.6 Å². The van der Waals surface area contributed by atoms with Gasteiger partial charge in [-0.3, -0.25) is 9.59 Å². The molecule has 1 atom stereocenters. The lowest BCUT2D eigenvalue weighted by atomic mass is 9.98. The van der Waals surface area contributed by atoms with E-state index in [1.165, 1.54) is 19.0 Å². The Bertz CT molecular complexity index is 1210. The van der Waals surface area contributed by atoms with Crippen LogP contribution in [0.15, 0.2) is 77.9 Å². The molecule has 3 aromatic carbocycles. The molecule has 7 heteroatoms. The third kappa shape index (κ3) is 4.93. The molecule has 0 aliphatic carbocycles. The molecule has 1 amide bonds. The number of nitrogens with zero attached hydrogens (tertiary/aromatic N) is 2. The number of hydrazone groups is 1. The van der Waals surface area contributed by atoms with E-state index in [0.717, 1.165) is 22.6 Å². The van der Waals surface area contributed by atoms with Crippen molar-refractivity contribution in [2.24, 2.45) is 5.10 Å². The smallest absolute Gasteiger partial charge is 0.281 e. The topological polar surface area (TPSA) is 77.4 Å². The van der Waals surface area contributed by atoms with Crippen molar-refractivity contribution in [3.8, 4) is 17.2 Å². The summed E-state index contributed by atoms with van der Waals surface area (Å²) in [4.78, 5) is 25.3. The number of carbonyl (C=O) groups is 2. The molecule has 1 heterocycles. The fourth-order valence-electron chi connectivity index (χ4n) is 3.88. The molecule has 0 saturated heterocycles. The average Bonchev–Trinajstić information content (AvgIpc) is 3.33. The van der Waals surface area contributed by atoms with E-state index in [4.69, 9.17) is 14.2 Å². The van der Waals surface area contributed by atoms with Crippen molar-refractivity contribution < 1.29 is 23.8 Å². The molecule has 7 nitrogen and oxygen atoms in total. The quantitative estimate of drug-likeness (QED) is 0.459. The number of Topliss-reactive ketones (excluding diaryl/α,β-unsaturated/α-hetero) is 1. The first-order valence-corrected chi connectivity index (χ1v) is 10.9. The minimum absolute atomic E-state index is 0.160. The summed E-state index contributed by atoms with van der Waals surface area (Å²) in [7, 11) is 3.14. The van der Waals surface area contributed by atoms with Gasteiger partial charge in [0.05, 0.1) is 31.5 Å². The van der Waals surface area contributed by atoms with Crippen LogP contribution in [-0.2, 0) is 4.79 Å². The summed E-state index contributed by atoms with van der Waals surface area (Å²) >= 11 is 0. The second-order valence-electron chi connectivity index (χ2n) is 7.85. The monoisotopic (exact) mass is 458 g/mol. The van der Waals surface area contributed by atoms with Crippen molar-refractivity contribution in [2.75, 3.05) is 20.8 Å². The van der Waals surface area contributed by atoms with Crippen LogP contribution in [0.5, 0.6) is 17.2 Å². The van der Waals surface area contributed by atoms with Gasteiger partial charge in [0.1, 0.15) is 17.2 Å². The van der Waals surface area contributed by atoms with Crippen LogP contribution >= 0.6 is 0 Å². The molecule has 0 spiro atoms. The minimum Gasteiger partial charge on any atom is -0.497 e. The van der Waals surface area contributed by atoms with Crippen LogP contribution in [0.4, 0.5) is 0 Å². The molecule has 0 bridgehead atoms. The van der Waals surface area contributed by atoms with Crippen LogP contribution in [-0.4, -0.2) is 43.2 Å². The highest BCUT2D eigenvalue weighted by molar-refractivity contribution is 6.03. The van der Waals surface area contributed by atoms with E-state index in [9.17, 15) is 9.59 Å². The second kappa shape index (κ2) is 10.2. The molecule has 0 saturated carbocycles. The van der Waals surface area contributed by atoms with Gasteiger partial charge in [0, 0.05) is 12.5 Å². The lowest BCUT2D eigenvalue weighted by Gasteiger charge is -2.22. The number of benzene rings is 3. The summed E-state index contributed by atoms with van der Waals surface area (Å²) < 4.78 is 16.3. The molecule has 1 aliphatic heterocycles. The molecule has 34 heavy (non-hydrogen) atoms. The van der Waals surface area contributed by atoms with Gasteiger partial charge in [-0.25, -0.2) is 5.01 Å². The van der Waals surface area contributed by atoms with E-state index in [0.29, 0.717) is 23.5 Å². The van der Waals surface area contributed by atoms with Crippen LogP contribution in [0.1, 0.15) is 40.9 Å². The Balaban J connectivity index is 1.60. The fourth-order valence-corrected chi connectivity index (χ4v) is 3.88. The Labute approximate surface area is 198 Å². The predicted octanol–water partition coefficient (Wildman–Crippen LogP) is 4.66. The zero-order chi connectivity index (χ0) is 24.1. The van der Waals surface area contributed by atoms with Gasteiger partial charge < -0.3 is 14.2 Å². The van der Waals surface area contributed by atoms with Crippen LogP contribution < -0.4 is 14.2 Å². The van der Waals surface area contributed by atoms with Gasteiger partial charge >= 0.3 is 0 Å². The van der Waals surface area contributed by atoms with E-state index >= 15 is 0 Å². The van der Waals surface area contributed by atoms with E-state index in [1.54, 1.807) is 25.3 Å². The summed E-state index contributed by atoms with van der Waals surface area (Å²) in [5.41, 5.74) is 3.11. The molecular formula is C27H26N2O5. The number of ketones is 1. The number of hydrogen-bond acceptors (Lipinski definition) is 6. The van der Waals surface area contributed by atoms with Crippen LogP contribution in [0.25, 0.3) is 0 Å². The van der Waals surface area contributed by atoms with Crippen molar-refractivity contribution in [2.45, 2.75) is 19.4 Å². The first kappa shape index (κ1) is 23.0. The zero-order valence-corrected chi connectivity index (χ0v) is 19.4. The van der Waals surface area contributed by atoms with E-state index in [2.05, 4.69) is 5.10 Å². The number of hydrogen-bond donors (Lipinski definition) is 0. The number of rotatable bonds is 8. The predicted molar refractivity (Wildman–Crippen MR) is 129 cm³/mol. The maximum atomic E-state index is 13.3. The molecule has 0 aromatic heterocycles. The summed E-state index contributed by atoms with van der Waals surface area (Å²) in [5, 5.41) is 6.13. The van der Waals surface area contributed by atoms with E-state index in [-0.39, 0.29) is 24.3 Å². The molecule has 174 valence electrons. The van der Waals surface area contributed by atoms with E-state index < -0.39 is 0 Å². The third-order valence-corrected chi connectivity index (χ3v) is 5.69. The van der Waals surface area contributed by atoms with Gasteiger partial charge in [0.15, 0.2) is 12.4 Å². The van der Waals surface area contributed by atoms with Gasteiger partial charge in [0.2, 0.25) is 0 Å². The lowest BCUT2D eigenvalue weighted by molar-refractivity contribution is -0.135. The molecular weight excluding hydrogens is 432 g/mol. The molecule has 3 aromatic rings. The highest BCUT2D eigenvalue weighted by Crippen LogP contribution is 2.34. The Morgan fingerprint density at radius 3 is 2.26 bits per heavy atom. The summed E-state index contributed by atoms with van der Waals surface area (Å²) in [6, 6.07) is 22.0. The standard InChI is InChI=1S/C27H26N2O5/c1-18(30)23-14-13-22(33-3)15-26(23)34-17-27(31)29-25(20-9-11-21(32-2)12-10-20)16-24(28-29)19-7-5-4-6-8-19/h4-15,25H,16-17H2,1-3H3. The Morgan fingerprint density at radius 2 is 1.62 bits per heavy atom. The van der Waals surface area contributed by atoms with Crippen molar-refractivity contribution >= 4 is 17.4 Å². The average molecular weight is 459 g/mol. The van der Waals surface area contributed by atoms with Gasteiger partial charge in [-0.1, -0.05) is 42.5 Å². The zero-order valence-electron chi connectivity index (χ0n) is 19.4. The number of ether oxygens (including phenoxy) is 3. The van der Waals surface area contributed by atoms with Gasteiger partial charge in [0.25, 0.3) is 5.91 Å². The van der Waals surface area contributed by atoms with Crippen LogP contribution in [0.2, 0.25) is 0 Å². The first-order valence-electron chi connectivity index (χ1n) is 10.9.